The van der Waals surface area contributed by atoms with Crippen molar-refractivity contribution >= 4 is 21.4 Å². The molecule has 0 amide bonds. The molecule has 1 aromatic carbocycles. The molecule has 2 rings (SSSR count). The van der Waals surface area contributed by atoms with Crippen LogP contribution in [0.4, 0.5) is 0 Å². The van der Waals surface area contributed by atoms with Crippen LogP contribution in [-0.4, -0.2) is 15.5 Å². The van der Waals surface area contributed by atoms with Gasteiger partial charge in [0.05, 0.1) is 7.11 Å². The van der Waals surface area contributed by atoms with Gasteiger partial charge >= 0.3 is 0 Å². The fourth-order valence-electron chi connectivity index (χ4n) is 1.57. The fourth-order valence-corrected chi connectivity index (χ4v) is 3.21. The number of rotatable bonds is 4. The lowest BCUT2D eigenvalue weighted by molar-refractivity contribution is 0.414. The summed E-state index contributed by atoms with van der Waals surface area (Å²) in [6, 6.07) is 9.27. The predicted octanol–water partition coefficient (Wildman–Crippen LogP) is 1.99. The molecule has 18 heavy (non-hydrogen) atoms. The van der Waals surface area contributed by atoms with Gasteiger partial charge in [-0.15, -0.1) is 11.3 Å². The summed E-state index contributed by atoms with van der Waals surface area (Å²) in [4.78, 5) is 0. The van der Waals surface area contributed by atoms with Crippen molar-refractivity contribution in [2.24, 2.45) is 5.14 Å². The van der Waals surface area contributed by atoms with Crippen molar-refractivity contribution < 1.29 is 13.2 Å². The Morgan fingerprint density at radius 1 is 1.22 bits per heavy atom. The average Bonchev–Trinajstić information content (AvgIpc) is 2.78. The van der Waals surface area contributed by atoms with E-state index < -0.39 is 10.0 Å². The summed E-state index contributed by atoms with van der Waals surface area (Å²) in [6.45, 7) is 0. The Hall–Kier alpha value is -1.37. The van der Waals surface area contributed by atoms with E-state index in [1.165, 1.54) is 0 Å². The number of methoxy groups -OCH3 is 1. The second-order valence-corrected chi connectivity index (χ2v) is 6.54. The highest BCUT2D eigenvalue weighted by atomic mass is 32.2. The Kier molecular flexibility index (Phi) is 3.70. The SMILES string of the molecule is COc1ccc(Cc2csc(S(N)(=O)=O)c2)cc1. The molecule has 2 N–H and O–H groups in total. The van der Waals surface area contributed by atoms with E-state index in [2.05, 4.69) is 0 Å². The third kappa shape index (κ3) is 3.10. The molecular formula is C12H13NO3S2. The van der Waals surface area contributed by atoms with E-state index >= 15 is 0 Å². The molecule has 6 heteroatoms. The molecule has 0 saturated heterocycles. The lowest BCUT2D eigenvalue weighted by Gasteiger charge is -2.01. The van der Waals surface area contributed by atoms with Crippen molar-refractivity contribution in [3.63, 3.8) is 0 Å². The van der Waals surface area contributed by atoms with Gasteiger partial charge in [0.1, 0.15) is 9.96 Å². The van der Waals surface area contributed by atoms with Crippen molar-refractivity contribution in [2.45, 2.75) is 10.6 Å². The highest BCUT2D eigenvalue weighted by molar-refractivity contribution is 7.91. The fraction of sp³-hybridized carbons (Fsp3) is 0.167. The van der Waals surface area contributed by atoms with Gasteiger partial charge in [-0.2, -0.15) is 0 Å². The van der Waals surface area contributed by atoms with Crippen molar-refractivity contribution in [2.75, 3.05) is 7.11 Å². The van der Waals surface area contributed by atoms with Crippen LogP contribution in [0.25, 0.3) is 0 Å². The molecule has 0 aliphatic carbocycles. The lowest BCUT2D eigenvalue weighted by Crippen LogP contribution is -2.10. The molecule has 0 aliphatic rings. The second kappa shape index (κ2) is 5.09. The first-order chi connectivity index (χ1) is 8.49. The van der Waals surface area contributed by atoms with E-state index in [-0.39, 0.29) is 4.21 Å². The van der Waals surface area contributed by atoms with Gasteiger partial charge < -0.3 is 4.74 Å². The molecule has 0 atom stereocenters. The van der Waals surface area contributed by atoms with Gasteiger partial charge in [0.2, 0.25) is 10.0 Å². The lowest BCUT2D eigenvalue weighted by atomic mass is 10.1. The molecule has 0 saturated carbocycles. The summed E-state index contributed by atoms with van der Waals surface area (Å²) in [7, 11) is -1.97. The number of benzene rings is 1. The van der Waals surface area contributed by atoms with Crippen LogP contribution in [-0.2, 0) is 16.4 Å². The van der Waals surface area contributed by atoms with Crippen molar-refractivity contribution in [1.29, 1.82) is 0 Å². The molecule has 1 aromatic heterocycles. The first kappa shape index (κ1) is 13.1. The number of sulfonamides is 1. The number of hydrogen-bond acceptors (Lipinski definition) is 4. The standard InChI is InChI=1S/C12H13NO3S2/c1-16-11-4-2-9(3-5-11)6-10-7-12(17-8-10)18(13,14)15/h2-5,7-8H,6H2,1H3,(H2,13,14,15). The van der Waals surface area contributed by atoms with Crippen LogP contribution in [0.3, 0.4) is 0 Å². The summed E-state index contributed by atoms with van der Waals surface area (Å²) in [6.07, 6.45) is 0.677. The van der Waals surface area contributed by atoms with Crippen LogP contribution in [0.15, 0.2) is 39.9 Å². The summed E-state index contributed by atoms with van der Waals surface area (Å²) in [5.41, 5.74) is 2.03. The third-order valence-electron chi connectivity index (χ3n) is 2.48. The van der Waals surface area contributed by atoms with E-state index in [9.17, 15) is 8.42 Å². The molecule has 96 valence electrons. The quantitative estimate of drug-likeness (QED) is 0.933. The van der Waals surface area contributed by atoms with E-state index in [4.69, 9.17) is 9.88 Å². The zero-order valence-electron chi connectivity index (χ0n) is 9.79. The average molecular weight is 283 g/mol. The predicted molar refractivity (Wildman–Crippen MR) is 71.5 cm³/mol. The maximum atomic E-state index is 11.2. The zero-order valence-corrected chi connectivity index (χ0v) is 11.4. The summed E-state index contributed by atoms with van der Waals surface area (Å²) >= 11 is 1.15. The summed E-state index contributed by atoms with van der Waals surface area (Å²) in [5.74, 6) is 0.800. The Morgan fingerprint density at radius 3 is 2.39 bits per heavy atom. The second-order valence-electron chi connectivity index (χ2n) is 3.84. The Morgan fingerprint density at radius 2 is 1.89 bits per heavy atom. The number of hydrogen-bond donors (Lipinski definition) is 1. The van der Waals surface area contributed by atoms with Crippen molar-refractivity contribution in [3.05, 3.63) is 46.8 Å². The maximum Gasteiger partial charge on any atom is 0.247 e. The van der Waals surface area contributed by atoms with Gasteiger partial charge in [-0.1, -0.05) is 12.1 Å². The number of ether oxygens (including phenoxy) is 1. The maximum absolute atomic E-state index is 11.2. The molecule has 0 spiro atoms. The van der Waals surface area contributed by atoms with Crippen LogP contribution in [0.5, 0.6) is 5.75 Å². The van der Waals surface area contributed by atoms with Crippen molar-refractivity contribution in [3.8, 4) is 5.75 Å². The van der Waals surface area contributed by atoms with E-state index in [1.54, 1.807) is 13.2 Å². The Bertz CT molecular complexity index is 630. The van der Waals surface area contributed by atoms with Gasteiger partial charge in [-0.3, -0.25) is 0 Å². The highest BCUT2D eigenvalue weighted by Gasteiger charge is 2.11. The van der Waals surface area contributed by atoms with E-state index in [0.29, 0.717) is 6.42 Å². The smallest absolute Gasteiger partial charge is 0.247 e. The summed E-state index contributed by atoms with van der Waals surface area (Å²) < 4.78 is 27.6. The van der Waals surface area contributed by atoms with Gasteiger partial charge in [0.15, 0.2) is 0 Å². The minimum atomic E-state index is -3.59. The monoisotopic (exact) mass is 283 g/mol. The van der Waals surface area contributed by atoms with Crippen LogP contribution < -0.4 is 9.88 Å². The van der Waals surface area contributed by atoms with Crippen LogP contribution in [0.2, 0.25) is 0 Å². The highest BCUT2D eigenvalue weighted by Crippen LogP contribution is 2.22. The first-order valence-corrected chi connectivity index (χ1v) is 7.65. The molecule has 4 nitrogen and oxygen atoms in total. The van der Waals surface area contributed by atoms with Crippen LogP contribution in [0, 0.1) is 0 Å². The minimum absolute atomic E-state index is 0.200. The van der Waals surface area contributed by atoms with Crippen molar-refractivity contribution in [1.82, 2.24) is 0 Å². The molecule has 0 unspecified atom stereocenters. The molecule has 1 heterocycles. The third-order valence-corrected chi connectivity index (χ3v) is 4.91. The molecule has 0 radical (unpaired) electrons. The molecule has 0 fully saturated rings. The number of primary sulfonamides is 1. The minimum Gasteiger partial charge on any atom is -0.497 e. The molecular weight excluding hydrogens is 270 g/mol. The summed E-state index contributed by atoms with van der Waals surface area (Å²) in [5, 5.41) is 6.88. The Labute approximate surface area is 110 Å². The normalized spacial score (nSPS) is 11.4. The molecule has 2 aromatic rings. The first-order valence-electron chi connectivity index (χ1n) is 5.22. The number of nitrogens with two attached hydrogens (primary N) is 1. The number of thiophene rings is 1. The Balaban J connectivity index is 2.16. The van der Waals surface area contributed by atoms with Gasteiger partial charge in [0.25, 0.3) is 0 Å². The van der Waals surface area contributed by atoms with Crippen LogP contribution in [0.1, 0.15) is 11.1 Å². The van der Waals surface area contributed by atoms with E-state index in [0.717, 1.165) is 28.2 Å². The van der Waals surface area contributed by atoms with Gasteiger partial charge in [-0.05, 0) is 41.1 Å². The largest absolute Gasteiger partial charge is 0.497 e. The van der Waals surface area contributed by atoms with Gasteiger partial charge in [0, 0.05) is 0 Å². The zero-order chi connectivity index (χ0) is 13.2. The van der Waals surface area contributed by atoms with Gasteiger partial charge in [-0.25, -0.2) is 13.6 Å². The molecule has 0 bridgehead atoms. The van der Waals surface area contributed by atoms with Crippen LogP contribution >= 0.6 is 11.3 Å². The molecule has 0 aliphatic heterocycles. The van der Waals surface area contributed by atoms with E-state index in [1.807, 2.05) is 29.6 Å². The topological polar surface area (TPSA) is 69.4 Å².